The standard InChI is InChI=1S/C21H20BrN3O2.C2HF3O2/c1-2-27-21(26)20-14-25(12-16-5-3-4-15(10-16)11-24-23)13-19(20)17-6-8-18(22)9-7-17;3-2(4,5)1(6)7/h3-11,13-14H,2,12,23H2,1H3;(H,6,7). The highest BCUT2D eigenvalue weighted by Crippen LogP contribution is 2.27. The molecule has 0 aliphatic carbocycles. The number of benzene rings is 2. The number of aromatic nitrogens is 1. The van der Waals surface area contributed by atoms with Crippen molar-refractivity contribution in [2.24, 2.45) is 10.9 Å². The van der Waals surface area contributed by atoms with Crippen molar-refractivity contribution in [1.82, 2.24) is 4.57 Å². The normalized spacial score (nSPS) is 11.1. The molecule has 0 unspecified atom stereocenters. The van der Waals surface area contributed by atoms with Gasteiger partial charge < -0.3 is 20.3 Å². The van der Waals surface area contributed by atoms with E-state index in [4.69, 9.17) is 20.5 Å². The van der Waals surface area contributed by atoms with E-state index in [1.807, 2.05) is 65.5 Å². The maximum Gasteiger partial charge on any atom is 0.490 e. The van der Waals surface area contributed by atoms with Crippen LogP contribution in [0.4, 0.5) is 13.2 Å². The van der Waals surface area contributed by atoms with Gasteiger partial charge in [0.1, 0.15) is 0 Å². The van der Waals surface area contributed by atoms with Gasteiger partial charge in [-0.3, -0.25) is 0 Å². The van der Waals surface area contributed by atoms with Gasteiger partial charge >= 0.3 is 18.1 Å². The van der Waals surface area contributed by atoms with Gasteiger partial charge in [-0.2, -0.15) is 18.3 Å². The highest BCUT2D eigenvalue weighted by Gasteiger charge is 2.38. The number of halogens is 4. The first-order chi connectivity index (χ1) is 16.0. The molecule has 0 aliphatic heterocycles. The Balaban J connectivity index is 0.000000509. The Kier molecular flexibility index (Phi) is 9.43. The molecule has 180 valence electrons. The van der Waals surface area contributed by atoms with Crippen molar-refractivity contribution in [3.8, 4) is 11.1 Å². The van der Waals surface area contributed by atoms with Crippen LogP contribution in [0.5, 0.6) is 0 Å². The van der Waals surface area contributed by atoms with E-state index in [0.717, 1.165) is 26.7 Å². The summed E-state index contributed by atoms with van der Waals surface area (Å²) >= 11 is 3.44. The fourth-order valence-electron chi connectivity index (χ4n) is 2.90. The highest BCUT2D eigenvalue weighted by atomic mass is 79.9. The fraction of sp³-hybridized carbons (Fsp3) is 0.174. The molecule has 1 heterocycles. The number of rotatable bonds is 6. The number of carboxylic acids is 1. The summed E-state index contributed by atoms with van der Waals surface area (Å²) in [5.74, 6) is 2.15. The Morgan fingerprint density at radius 2 is 1.82 bits per heavy atom. The SMILES string of the molecule is CCOC(=O)c1cn(Cc2cccc(C=NN)c2)cc1-c1ccc(Br)cc1.O=C(O)C(F)(F)F. The topological polar surface area (TPSA) is 107 Å². The number of nitrogens with zero attached hydrogens (tertiary/aromatic N) is 2. The number of hydrogen-bond acceptors (Lipinski definition) is 5. The molecule has 0 fully saturated rings. The number of aliphatic carboxylic acids is 1. The van der Waals surface area contributed by atoms with Gasteiger partial charge in [0, 0.05) is 29.0 Å². The third-order valence-electron chi connectivity index (χ3n) is 4.31. The molecule has 1 aromatic heterocycles. The van der Waals surface area contributed by atoms with Crippen LogP contribution in [0.25, 0.3) is 11.1 Å². The van der Waals surface area contributed by atoms with Crippen LogP contribution in [-0.4, -0.2) is 40.6 Å². The van der Waals surface area contributed by atoms with E-state index in [1.165, 1.54) is 0 Å². The van der Waals surface area contributed by atoms with E-state index < -0.39 is 12.1 Å². The van der Waals surface area contributed by atoms with Crippen molar-refractivity contribution in [3.05, 3.63) is 82.1 Å². The number of hydrogen-bond donors (Lipinski definition) is 2. The fourth-order valence-corrected chi connectivity index (χ4v) is 3.16. The summed E-state index contributed by atoms with van der Waals surface area (Å²) in [5.41, 5.74) is 4.38. The number of alkyl halides is 3. The lowest BCUT2D eigenvalue weighted by atomic mass is 10.1. The Labute approximate surface area is 201 Å². The van der Waals surface area contributed by atoms with Gasteiger partial charge in [0.25, 0.3) is 0 Å². The lowest BCUT2D eigenvalue weighted by molar-refractivity contribution is -0.192. The average molecular weight is 540 g/mol. The molecule has 3 rings (SSSR count). The van der Waals surface area contributed by atoms with Crippen molar-refractivity contribution in [3.63, 3.8) is 0 Å². The molecule has 3 N–H and O–H groups in total. The molecule has 0 saturated heterocycles. The summed E-state index contributed by atoms with van der Waals surface area (Å²) in [5, 5.41) is 10.7. The summed E-state index contributed by atoms with van der Waals surface area (Å²) < 4.78 is 39.9. The predicted molar refractivity (Wildman–Crippen MR) is 125 cm³/mol. The predicted octanol–water partition coefficient (Wildman–Crippen LogP) is 5.07. The van der Waals surface area contributed by atoms with Crippen LogP contribution in [-0.2, 0) is 16.1 Å². The van der Waals surface area contributed by atoms with Crippen molar-refractivity contribution in [2.75, 3.05) is 6.61 Å². The van der Waals surface area contributed by atoms with Crippen LogP contribution in [0.1, 0.15) is 28.4 Å². The van der Waals surface area contributed by atoms with E-state index in [9.17, 15) is 18.0 Å². The van der Waals surface area contributed by atoms with E-state index in [-0.39, 0.29) is 5.97 Å². The second kappa shape index (κ2) is 12.0. The van der Waals surface area contributed by atoms with E-state index in [0.29, 0.717) is 18.7 Å². The van der Waals surface area contributed by atoms with Gasteiger partial charge in [-0.05, 0) is 41.8 Å². The Morgan fingerprint density at radius 3 is 2.38 bits per heavy atom. The first-order valence-corrected chi connectivity index (χ1v) is 10.6. The molecule has 0 radical (unpaired) electrons. The summed E-state index contributed by atoms with van der Waals surface area (Å²) in [6.45, 7) is 2.76. The molecule has 0 aliphatic rings. The second-order valence-electron chi connectivity index (χ2n) is 6.81. The number of nitrogens with two attached hydrogens (primary N) is 1. The Morgan fingerprint density at radius 1 is 1.18 bits per heavy atom. The smallest absolute Gasteiger partial charge is 0.475 e. The van der Waals surface area contributed by atoms with Gasteiger partial charge in [0.2, 0.25) is 0 Å². The molecule has 0 spiro atoms. The van der Waals surface area contributed by atoms with Crippen LogP contribution in [0.3, 0.4) is 0 Å². The van der Waals surface area contributed by atoms with Gasteiger partial charge in [0.05, 0.1) is 18.4 Å². The summed E-state index contributed by atoms with van der Waals surface area (Å²) in [6, 6.07) is 15.8. The zero-order valence-electron chi connectivity index (χ0n) is 17.9. The van der Waals surface area contributed by atoms with Crippen LogP contribution < -0.4 is 5.84 Å². The number of carbonyl (C=O) groups excluding carboxylic acids is 1. The first-order valence-electron chi connectivity index (χ1n) is 9.80. The summed E-state index contributed by atoms with van der Waals surface area (Å²) in [4.78, 5) is 21.3. The molecular weight excluding hydrogens is 519 g/mol. The van der Waals surface area contributed by atoms with Gasteiger partial charge in [-0.25, -0.2) is 9.59 Å². The molecule has 0 bridgehead atoms. The maximum atomic E-state index is 12.4. The third kappa shape index (κ3) is 7.77. The minimum atomic E-state index is -5.08. The largest absolute Gasteiger partial charge is 0.490 e. The first kappa shape index (κ1) is 26.7. The number of carboxylic acid groups (broad SMARTS) is 1. The van der Waals surface area contributed by atoms with Gasteiger partial charge in [-0.15, -0.1) is 0 Å². The lowest BCUT2D eigenvalue weighted by Gasteiger charge is -2.04. The number of carbonyl (C=O) groups is 2. The van der Waals surface area contributed by atoms with Gasteiger partial charge in [0.15, 0.2) is 0 Å². The molecule has 34 heavy (non-hydrogen) atoms. The van der Waals surface area contributed by atoms with E-state index >= 15 is 0 Å². The quantitative estimate of drug-likeness (QED) is 0.197. The average Bonchev–Trinajstić information content (AvgIpc) is 3.18. The van der Waals surface area contributed by atoms with Crippen molar-refractivity contribution < 1.29 is 32.6 Å². The minimum absolute atomic E-state index is 0.321. The van der Waals surface area contributed by atoms with Crippen molar-refractivity contribution in [1.29, 1.82) is 0 Å². The summed E-state index contributed by atoms with van der Waals surface area (Å²) in [6.07, 6.45) is 0.328. The zero-order valence-corrected chi connectivity index (χ0v) is 19.5. The molecular formula is C23H21BrF3N3O4. The van der Waals surface area contributed by atoms with Crippen molar-refractivity contribution in [2.45, 2.75) is 19.6 Å². The molecule has 0 amide bonds. The number of hydrazone groups is 1. The molecule has 7 nitrogen and oxygen atoms in total. The van der Waals surface area contributed by atoms with Crippen LogP contribution in [0.15, 0.2) is 70.5 Å². The Hall–Kier alpha value is -3.60. The van der Waals surface area contributed by atoms with Crippen LogP contribution >= 0.6 is 15.9 Å². The van der Waals surface area contributed by atoms with E-state index in [1.54, 1.807) is 13.1 Å². The maximum absolute atomic E-state index is 12.4. The molecule has 2 aromatic carbocycles. The van der Waals surface area contributed by atoms with Gasteiger partial charge in [-0.1, -0.05) is 46.3 Å². The van der Waals surface area contributed by atoms with E-state index in [2.05, 4.69) is 21.0 Å². The number of ether oxygens (including phenoxy) is 1. The monoisotopic (exact) mass is 539 g/mol. The molecule has 0 saturated carbocycles. The summed E-state index contributed by atoms with van der Waals surface area (Å²) in [7, 11) is 0. The van der Waals surface area contributed by atoms with Crippen molar-refractivity contribution >= 4 is 34.1 Å². The van der Waals surface area contributed by atoms with Crippen LogP contribution in [0.2, 0.25) is 0 Å². The Bertz CT molecular complexity index is 1160. The highest BCUT2D eigenvalue weighted by molar-refractivity contribution is 9.10. The minimum Gasteiger partial charge on any atom is -0.475 e. The molecule has 0 atom stereocenters. The second-order valence-corrected chi connectivity index (χ2v) is 7.73. The zero-order chi connectivity index (χ0) is 25.3. The number of esters is 1. The molecule has 3 aromatic rings. The lowest BCUT2D eigenvalue weighted by Crippen LogP contribution is -2.21. The van der Waals surface area contributed by atoms with Crippen LogP contribution in [0, 0.1) is 0 Å². The molecule has 11 heteroatoms. The third-order valence-corrected chi connectivity index (χ3v) is 4.84.